The Balaban J connectivity index is 2.51. The molecule has 0 aromatic rings. The van der Waals surface area contributed by atoms with Crippen LogP contribution in [0.15, 0.2) is 0 Å². The first-order valence-corrected chi connectivity index (χ1v) is 5.09. The van der Waals surface area contributed by atoms with Crippen LogP contribution in [0.25, 0.3) is 0 Å². The van der Waals surface area contributed by atoms with E-state index in [-0.39, 0.29) is 5.91 Å². The van der Waals surface area contributed by atoms with Crippen LogP contribution in [0, 0.1) is 0 Å². The van der Waals surface area contributed by atoms with E-state index in [4.69, 9.17) is 5.73 Å². The van der Waals surface area contributed by atoms with Gasteiger partial charge < -0.3 is 15.7 Å². The van der Waals surface area contributed by atoms with E-state index in [0.29, 0.717) is 19.5 Å². The highest BCUT2D eigenvalue weighted by atomic mass is 16.3. The summed E-state index contributed by atoms with van der Waals surface area (Å²) < 4.78 is 0. The highest BCUT2D eigenvalue weighted by Crippen LogP contribution is 2.24. The molecule has 0 saturated carbocycles. The van der Waals surface area contributed by atoms with Crippen molar-refractivity contribution in [2.45, 2.75) is 44.8 Å². The number of likely N-dealkylation sites (tertiary alicyclic amines) is 1. The minimum Gasteiger partial charge on any atom is -0.386 e. The molecule has 1 heterocycles. The Morgan fingerprint density at radius 2 is 2.14 bits per heavy atom. The summed E-state index contributed by atoms with van der Waals surface area (Å²) in [6, 6.07) is 0. The summed E-state index contributed by atoms with van der Waals surface area (Å²) >= 11 is 0. The summed E-state index contributed by atoms with van der Waals surface area (Å²) in [5.41, 5.74) is 4.41. The minimum atomic E-state index is -0.773. The molecule has 3 N–H and O–H groups in total. The molecule has 82 valence electrons. The lowest BCUT2D eigenvalue weighted by Gasteiger charge is -2.46. The number of carbonyl (C=O) groups excluding carboxylic acids is 1. The zero-order valence-corrected chi connectivity index (χ0v) is 9.21. The van der Waals surface area contributed by atoms with Crippen LogP contribution in [0.3, 0.4) is 0 Å². The molecule has 4 nitrogen and oxygen atoms in total. The van der Waals surface area contributed by atoms with Crippen molar-refractivity contribution in [2.24, 2.45) is 5.73 Å². The van der Waals surface area contributed by atoms with Gasteiger partial charge >= 0.3 is 0 Å². The van der Waals surface area contributed by atoms with E-state index in [9.17, 15) is 9.90 Å². The van der Waals surface area contributed by atoms with Crippen LogP contribution in [0.4, 0.5) is 0 Å². The molecular formula is C10H20N2O2. The fraction of sp³-hybridized carbons (Fsp3) is 0.900. The van der Waals surface area contributed by atoms with Crippen LogP contribution in [-0.2, 0) is 4.79 Å². The van der Waals surface area contributed by atoms with Crippen molar-refractivity contribution in [2.75, 3.05) is 13.1 Å². The molecule has 0 bridgehead atoms. The quantitative estimate of drug-likeness (QED) is 0.679. The summed E-state index contributed by atoms with van der Waals surface area (Å²) in [5.74, 6) is -0.0501. The smallest absolute Gasteiger partial charge is 0.242 e. The molecule has 14 heavy (non-hydrogen) atoms. The molecule has 1 aliphatic heterocycles. The molecular weight excluding hydrogens is 180 g/mol. The summed E-state index contributed by atoms with van der Waals surface area (Å²) in [6.45, 7) is 6.30. The van der Waals surface area contributed by atoms with Gasteiger partial charge in [0.2, 0.25) is 5.91 Å². The van der Waals surface area contributed by atoms with E-state index in [1.165, 1.54) is 0 Å². The predicted octanol–water partition coefficient (Wildman–Crippen LogP) is 0.0971. The van der Waals surface area contributed by atoms with Crippen LogP contribution in [0.2, 0.25) is 0 Å². The van der Waals surface area contributed by atoms with Crippen LogP contribution < -0.4 is 5.73 Å². The van der Waals surface area contributed by atoms with Gasteiger partial charge in [-0.15, -0.1) is 0 Å². The second-order valence-electron chi connectivity index (χ2n) is 4.83. The van der Waals surface area contributed by atoms with Crippen LogP contribution in [0.5, 0.6) is 0 Å². The summed E-state index contributed by atoms with van der Waals surface area (Å²) in [7, 11) is 0. The standard InChI is InChI=1S/C10H20N2O2/c1-4-5-10(3,11)8(13)12-6-9(2,14)7-12/h14H,4-7,11H2,1-3H3. The Bertz CT molecular complexity index is 228. The first kappa shape index (κ1) is 11.5. The molecule has 0 radical (unpaired) electrons. The number of amides is 1. The van der Waals surface area contributed by atoms with Gasteiger partial charge in [-0.05, 0) is 20.3 Å². The van der Waals surface area contributed by atoms with E-state index < -0.39 is 11.1 Å². The molecule has 1 atom stereocenters. The van der Waals surface area contributed by atoms with E-state index >= 15 is 0 Å². The zero-order chi connectivity index (χ0) is 11.0. The average molecular weight is 200 g/mol. The third-order valence-corrected chi connectivity index (χ3v) is 2.61. The summed E-state index contributed by atoms with van der Waals surface area (Å²) in [4.78, 5) is 13.4. The Kier molecular flexibility index (Phi) is 2.88. The lowest BCUT2D eigenvalue weighted by atomic mass is 9.90. The Morgan fingerprint density at radius 1 is 1.64 bits per heavy atom. The van der Waals surface area contributed by atoms with Gasteiger partial charge in [0.15, 0.2) is 0 Å². The number of aliphatic hydroxyl groups is 1. The molecule has 1 amide bonds. The van der Waals surface area contributed by atoms with Gasteiger partial charge in [-0.1, -0.05) is 13.3 Å². The maximum Gasteiger partial charge on any atom is 0.242 e. The van der Waals surface area contributed by atoms with Crippen LogP contribution >= 0.6 is 0 Å². The lowest BCUT2D eigenvalue weighted by molar-refractivity contribution is -0.157. The molecule has 1 unspecified atom stereocenters. The fourth-order valence-electron chi connectivity index (χ4n) is 1.91. The monoisotopic (exact) mass is 200 g/mol. The first-order chi connectivity index (χ1) is 6.28. The SMILES string of the molecule is CCCC(C)(N)C(=O)N1CC(C)(O)C1. The van der Waals surface area contributed by atoms with Crippen molar-refractivity contribution in [1.29, 1.82) is 0 Å². The summed E-state index contributed by atoms with van der Waals surface area (Å²) in [5, 5.41) is 9.49. The molecule has 0 aromatic heterocycles. The van der Waals surface area contributed by atoms with E-state index in [2.05, 4.69) is 0 Å². The molecule has 0 spiro atoms. The summed E-state index contributed by atoms with van der Waals surface area (Å²) in [6.07, 6.45) is 1.58. The van der Waals surface area contributed by atoms with Crippen molar-refractivity contribution in [3.63, 3.8) is 0 Å². The minimum absolute atomic E-state index is 0.0501. The van der Waals surface area contributed by atoms with Gasteiger partial charge in [0.1, 0.15) is 0 Å². The van der Waals surface area contributed by atoms with Crippen LogP contribution in [-0.4, -0.2) is 40.1 Å². The topological polar surface area (TPSA) is 66.6 Å². The van der Waals surface area contributed by atoms with Gasteiger partial charge in [0, 0.05) is 0 Å². The van der Waals surface area contributed by atoms with Crippen molar-refractivity contribution < 1.29 is 9.90 Å². The second-order valence-corrected chi connectivity index (χ2v) is 4.83. The van der Waals surface area contributed by atoms with Gasteiger partial charge in [-0.3, -0.25) is 4.79 Å². The largest absolute Gasteiger partial charge is 0.386 e. The number of nitrogens with zero attached hydrogens (tertiary/aromatic N) is 1. The van der Waals surface area contributed by atoms with Crippen molar-refractivity contribution in [1.82, 2.24) is 4.90 Å². The third-order valence-electron chi connectivity index (χ3n) is 2.61. The molecule has 0 aromatic carbocycles. The molecule has 1 fully saturated rings. The van der Waals surface area contributed by atoms with E-state index in [0.717, 1.165) is 6.42 Å². The van der Waals surface area contributed by atoms with Gasteiger partial charge in [-0.25, -0.2) is 0 Å². The molecule has 1 rings (SSSR count). The fourth-order valence-corrected chi connectivity index (χ4v) is 1.91. The highest BCUT2D eigenvalue weighted by Gasteiger charge is 2.43. The van der Waals surface area contributed by atoms with E-state index in [1.807, 2.05) is 6.92 Å². The number of hydrogen-bond acceptors (Lipinski definition) is 3. The molecule has 4 heteroatoms. The van der Waals surface area contributed by atoms with Crippen molar-refractivity contribution >= 4 is 5.91 Å². The Labute approximate surface area is 85.1 Å². The average Bonchev–Trinajstić information content (AvgIpc) is 1.98. The highest BCUT2D eigenvalue weighted by molar-refractivity contribution is 5.86. The maximum absolute atomic E-state index is 11.8. The Morgan fingerprint density at radius 3 is 2.50 bits per heavy atom. The molecule has 1 aliphatic rings. The number of rotatable bonds is 3. The normalized spacial score (nSPS) is 23.9. The third kappa shape index (κ3) is 2.25. The Hall–Kier alpha value is -0.610. The second kappa shape index (κ2) is 3.51. The number of nitrogens with two attached hydrogens (primary N) is 1. The van der Waals surface area contributed by atoms with Gasteiger partial charge in [-0.2, -0.15) is 0 Å². The number of β-amino-alcohol motifs (C(OH)–C–C–N with tert-alkyl or cyclic N) is 1. The van der Waals surface area contributed by atoms with Gasteiger partial charge in [0.25, 0.3) is 0 Å². The lowest BCUT2D eigenvalue weighted by Crippen LogP contribution is -2.67. The number of hydrogen-bond donors (Lipinski definition) is 2. The first-order valence-electron chi connectivity index (χ1n) is 5.09. The predicted molar refractivity (Wildman–Crippen MR) is 54.7 cm³/mol. The maximum atomic E-state index is 11.8. The van der Waals surface area contributed by atoms with Gasteiger partial charge in [0.05, 0.1) is 24.2 Å². The van der Waals surface area contributed by atoms with Crippen molar-refractivity contribution in [3.05, 3.63) is 0 Å². The zero-order valence-electron chi connectivity index (χ0n) is 9.21. The van der Waals surface area contributed by atoms with Crippen molar-refractivity contribution in [3.8, 4) is 0 Å². The molecule has 1 saturated heterocycles. The van der Waals surface area contributed by atoms with Crippen LogP contribution in [0.1, 0.15) is 33.6 Å². The number of carbonyl (C=O) groups is 1. The molecule has 0 aliphatic carbocycles. The van der Waals surface area contributed by atoms with E-state index in [1.54, 1.807) is 18.7 Å².